The van der Waals surface area contributed by atoms with Crippen LogP contribution in [-0.4, -0.2) is 11.4 Å². The molecule has 1 N–H and O–H groups in total. The molecular formula is C10H7BrO3. The lowest BCUT2D eigenvalue weighted by Crippen LogP contribution is -1.82. The Balaban J connectivity index is 2.93. The largest absolute Gasteiger partial charge is 0.506 e. The Morgan fingerprint density at radius 1 is 1.50 bits per heavy atom. The lowest BCUT2D eigenvalue weighted by atomic mass is 10.1. The number of fused-ring (bicyclic) bond motifs is 1. The minimum Gasteiger partial charge on any atom is -0.506 e. The van der Waals surface area contributed by atoms with E-state index in [4.69, 9.17) is 4.42 Å². The van der Waals surface area contributed by atoms with Crippen LogP contribution < -0.4 is 0 Å². The molecule has 0 saturated carbocycles. The number of aldehydes is 1. The summed E-state index contributed by atoms with van der Waals surface area (Å²) in [4.78, 5) is 10.6. The van der Waals surface area contributed by atoms with Gasteiger partial charge < -0.3 is 9.52 Å². The number of furan rings is 1. The summed E-state index contributed by atoms with van der Waals surface area (Å²) in [5.41, 5.74) is 0.816. The van der Waals surface area contributed by atoms with E-state index in [1.807, 2.05) is 0 Å². The Morgan fingerprint density at radius 3 is 2.86 bits per heavy atom. The molecule has 14 heavy (non-hydrogen) atoms. The zero-order valence-electron chi connectivity index (χ0n) is 7.37. The molecule has 0 fully saturated rings. The van der Waals surface area contributed by atoms with Crippen molar-refractivity contribution in [2.75, 3.05) is 0 Å². The summed E-state index contributed by atoms with van der Waals surface area (Å²) in [6.45, 7) is 1.78. The summed E-state index contributed by atoms with van der Waals surface area (Å²) in [6.07, 6.45) is 0.613. The van der Waals surface area contributed by atoms with Crippen molar-refractivity contribution in [1.29, 1.82) is 0 Å². The van der Waals surface area contributed by atoms with Crippen molar-refractivity contribution in [3.63, 3.8) is 0 Å². The molecule has 72 valence electrons. The minimum atomic E-state index is -0.0324. The number of hydrogen-bond acceptors (Lipinski definition) is 3. The molecular weight excluding hydrogens is 248 g/mol. The highest BCUT2D eigenvalue weighted by Gasteiger charge is 2.13. The van der Waals surface area contributed by atoms with Gasteiger partial charge >= 0.3 is 0 Å². The summed E-state index contributed by atoms with van der Waals surface area (Å²) in [5.74, 6) is 0.661. The second-order valence-electron chi connectivity index (χ2n) is 3.01. The van der Waals surface area contributed by atoms with Crippen LogP contribution >= 0.6 is 15.9 Å². The number of phenolic OH excluding ortho intramolecular Hbond substituents is 1. The van der Waals surface area contributed by atoms with Gasteiger partial charge in [0.1, 0.15) is 11.5 Å². The van der Waals surface area contributed by atoms with E-state index in [-0.39, 0.29) is 11.3 Å². The molecule has 0 spiro atoms. The fourth-order valence-electron chi connectivity index (χ4n) is 1.38. The topological polar surface area (TPSA) is 50.4 Å². The minimum absolute atomic E-state index is 0.0324. The highest BCUT2D eigenvalue weighted by molar-refractivity contribution is 9.10. The molecule has 0 bridgehead atoms. The van der Waals surface area contributed by atoms with E-state index >= 15 is 0 Å². The Hall–Kier alpha value is -1.29. The molecule has 0 saturated heterocycles. The summed E-state index contributed by atoms with van der Waals surface area (Å²) >= 11 is 3.27. The molecule has 1 heterocycles. The van der Waals surface area contributed by atoms with Crippen LogP contribution in [0.15, 0.2) is 21.0 Å². The first-order chi connectivity index (χ1) is 6.63. The molecule has 0 radical (unpaired) electrons. The Labute approximate surface area is 88.5 Å². The zero-order chi connectivity index (χ0) is 10.3. The highest BCUT2D eigenvalue weighted by atomic mass is 79.9. The van der Waals surface area contributed by atoms with Gasteiger partial charge in [-0.15, -0.1) is 0 Å². The number of aromatic hydroxyl groups is 1. The van der Waals surface area contributed by atoms with Crippen molar-refractivity contribution in [2.24, 2.45) is 0 Å². The normalized spacial score (nSPS) is 10.7. The number of carbonyl (C=O) groups is 1. The van der Waals surface area contributed by atoms with Crippen molar-refractivity contribution < 1.29 is 14.3 Å². The van der Waals surface area contributed by atoms with Gasteiger partial charge in [0.05, 0.1) is 15.4 Å². The van der Waals surface area contributed by atoms with Gasteiger partial charge in [0, 0.05) is 0 Å². The molecule has 2 rings (SSSR count). The molecule has 0 aliphatic rings. The lowest BCUT2D eigenvalue weighted by molar-refractivity contribution is 0.112. The van der Waals surface area contributed by atoms with Crippen LogP contribution in [0.4, 0.5) is 0 Å². The predicted octanol–water partition coefficient (Wildman–Crippen LogP) is 3.02. The van der Waals surface area contributed by atoms with Gasteiger partial charge in [-0.05, 0) is 35.0 Å². The molecule has 2 aromatic rings. The number of benzene rings is 1. The number of aryl methyl sites for hydroxylation is 1. The SMILES string of the molecule is Cc1cc2c(O)c(C=O)cc(Br)c2o1. The van der Waals surface area contributed by atoms with Gasteiger partial charge in [-0.3, -0.25) is 4.79 Å². The number of halogens is 1. The Morgan fingerprint density at radius 2 is 2.21 bits per heavy atom. The third kappa shape index (κ3) is 1.23. The summed E-state index contributed by atoms with van der Waals surface area (Å²) in [5, 5.41) is 10.2. The van der Waals surface area contributed by atoms with E-state index < -0.39 is 0 Å². The number of phenols is 1. The van der Waals surface area contributed by atoms with Crippen LogP contribution in [0.1, 0.15) is 16.1 Å². The Bertz CT molecular complexity index is 514. The van der Waals surface area contributed by atoms with Gasteiger partial charge in [0.25, 0.3) is 0 Å². The average Bonchev–Trinajstić information content (AvgIpc) is 2.54. The lowest BCUT2D eigenvalue weighted by Gasteiger charge is -1.99. The maximum atomic E-state index is 10.6. The maximum absolute atomic E-state index is 10.6. The van der Waals surface area contributed by atoms with Crippen LogP contribution in [-0.2, 0) is 0 Å². The van der Waals surface area contributed by atoms with Gasteiger partial charge in [-0.1, -0.05) is 0 Å². The standard InChI is InChI=1S/C10H7BrO3/c1-5-2-7-9(13)6(4-12)3-8(11)10(7)14-5/h2-4,13H,1H3. The highest BCUT2D eigenvalue weighted by Crippen LogP contribution is 2.35. The van der Waals surface area contributed by atoms with E-state index in [9.17, 15) is 9.90 Å². The Kier molecular flexibility index (Phi) is 2.07. The van der Waals surface area contributed by atoms with Crippen LogP contribution in [0, 0.1) is 6.92 Å². The van der Waals surface area contributed by atoms with Crippen molar-refractivity contribution in [3.05, 3.63) is 27.9 Å². The van der Waals surface area contributed by atoms with Crippen LogP contribution in [0.3, 0.4) is 0 Å². The van der Waals surface area contributed by atoms with Crippen molar-refractivity contribution >= 4 is 33.2 Å². The predicted molar refractivity (Wildman–Crippen MR) is 55.7 cm³/mol. The molecule has 0 atom stereocenters. The van der Waals surface area contributed by atoms with Crippen LogP contribution in [0.25, 0.3) is 11.0 Å². The molecule has 0 aliphatic carbocycles. The number of hydrogen-bond donors (Lipinski definition) is 1. The maximum Gasteiger partial charge on any atom is 0.153 e. The van der Waals surface area contributed by atoms with Crippen molar-refractivity contribution in [1.82, 2.24) is 0 Å². The smallest absolute Gasteiger partial charge is 0.153 e. The van der Waals surface area contributed by atoms with E-state index in [0.717, 1.165) is 0 Å². The second-order valence-corrected chi connectivity index (χ2v) is 3.87. The molecule has 0 amide bonds. The molecule has 0 aliphatic heterocycles. The van der Waals surface area contributed by atoms with E-state index in [1.165, 1.54) is 6.07 Å². The van der Waals surface area contributed by atoms with E-state index in [2.05, 4.69) is 15.9 Å². The van der Waals surface area contributed by atoms with Gasteiger partial charge in [0.15, 0.2) is 11.9 Å². The average molecular weight is 255 g/mol. The molecule has 4 heteroatoms. The monoisotopic (exact) mass is 254 g/mol. The molecule has 1 aromatic heterocycles. The van der Waals surface area contributed by atoms with E-state index in [0.29, 0.717) is 27.5 Å². The van der Waals surface area contributed by atoms with Gasteiger partial charge in [0.2, 0.25) is 0 Å². The number of carbonyl (C=O) groups excluding carboxylic acids is 1. The van der Waals surface area contributed by atoms with Gasteiger partial charge in [-0.25, -0.2) is 0 Å². The summed E-state index contributed by atoms with van der Waals surface area (Å²) in [7, 11) is 0. The summed E-state index contributed by atoms with van der Waals surface area (Å²) < 4.78 is 6.02. The summed E-state index contributed by atoms with van der Waals surface area (Å²) in [6, 6.07) is 3.23. The van der Waals surface area contributed by atoms with Crippen LogP contribution in [0.5, 0.6) is 5.75 Å². The first-order valence-electron chi connectivity index (χ1n) is 4.00. The first-order valence-corrected chi connectivity index (χ1v) is 4.79. The fourth-order valence-corrected chi connectivity index (χ4v) is 1.92. The van der Waals surface area contributed by atoms with Crippen molar-refractivity contribution in [2.45, 2.75) is 6.92 Å². The van der Waals surface area contributed by atoms with Crippen molar-refractivity contribution in [3.8, 4) is 5.75 Å². The molecule has 3 nitrogen and oxygen atoms in total. The second kappa shape index (κ2) is 3.13. The third-order valence-corrected chi connectivity index (χ3v) is 2.60. The zero-order valence-corrected chi connectivity index (χ0v) is 8.96. The number of rotatable bonds is 1. The molecule has 1 aromatic carbocycles. The molecule has 0 unspecified atom stereocenters. The van der Waals surface area contributed by atoms with Crippen LogP contribution in [0.2, 0.25) is 0 Å². The quantitative estimate of drug-likeness (QED) is 0.797. The fraction of sp³-hybridized carbons (Fsp3) is 0.100. The van der Waals surface area contributed by atoms with Gasteiger partial charge in [-0.2, -0.15) is 0 Å². The third-order valence-electron chi connectivity index (χ3n) is 2.01. The first kappa shape index (κ1) is 9.27. The van der Waals surface area contributed by atoms with E-state index in [1.54, 1.807) is 13.0 Å².